The lowest BCUT2D eigenvalue weighted by Gasteiger charge is -2.11. The second kappa shape index (κ2) is 9.57. The summed E-state index contributed by atoms with van der Waals surface area (Å²) in [5.41, 5.74) is 4.02. The molecule has 0 aliphatic carbocycles. The molecule has 0 fully saturated rings. The van der Waals surface area contributed by atoms with Crippen LogP contribution in [-0.4, -0.2) is 0 Å². The first-order valence-corrected chi connectivity index (χ1v) is 12.3. The fraction of sp³-hybridized carbons (Fsp3) is 0.250. The molecule has 0 heteroatoms. The number of hydrogen-bond acceptors (Lipinski definition) is 0. The third kappa shape index (κ3) is 4.28. The molecule has 32 heavy (non-hydrogen) atoms. The Morgan fingerprint density at radius 2 is 1.09 bits per heavy atom. The van der Waals surface area contributed by atoms with Crippen LogP contribution in [0.1, 0.15) is 51.0 Å². The lowest BCUT2D eigenvalue weighted by Crippen LogP contribution is -1.88. The highest BCUT2D eigenvalue weighted by Crippen LogP contribution is 2.34. The zero-order chi connectivity index (χ0) is 21.8. The average Bonchev–Trinajstić information content (AvgIpc) is 2.85. The summed E-state index contributed by atoms with van der Waals surface area (Å²) < 4.78 is 0. The lowest BCUT2D eigenvalue weighted by atomic mass is 9.93. The maximum absolute atomic E-state index is 2.41. The van der Waals surface area contributed by atoms with E-state index in [9.17, 15) is 0 Å². The Morgan fingerprint density at radius 3 is 1.84 bits per heavy atom. The summed E-state index contributed by atoms with van der Waals surface area (Å²) in [6.07, 6.45) is 9.32. The Bertz CT molecular complexity index is 1340. The number of unbranched alkanes of at least 4 members (excludes halogenated alkanes) is 5. The van der Waals surface area contributed by atoms with Crippen LogP contribution >= 0.6 is 0 Å². The molecular weight excluding hydrogens is 384 g/mol. The van der Waals surface area contributed by atoms with E-state index in [-0.39, 0.29) is 0 Å². The first-order valence-electron chi connectivity index (χ1n) is 12.3. The molecule has 0 nitrogen and oxygen atoms in total. The first kappa shape index (κ1) is 20.8. The Morgan fingerprint density at radius 1 is 0.469 bits per heavy atom. The van der Waals surface area contributed by atoms with Crippen molar-refractivity contribution in [3.05, 3.63) is 96.6 Å². The minimum absolute atomic E-state index is 1.19. The van der Waals surface area contributed by atoms with Crippen molar-refractivity contribution in [2.24, 2.45) is 0 Å². The molecule has 0 aliphatic heterocycles. The van der Waals surface area contributed by atoms with E-state index >= 15 is 0 Å². The van der Waals surface area contributed by atoms with Crippen molar-refractivity contribution in [1.29, 1.82) is 0 Å². The van der Waals surface area contributed by atoms with E-state index in [2.05, 4.69) is 97.9 Å². The smallest absolute Gasteiger partial charge is 0.00990 e. The van der Waals surface area contributed by atoms with Gasteiger partial charge in [0.15, 0.2) is 0 Å². The summed E-state index contributed by atoms with van der Waals surface area (Å²) >= 11 is 0. The Labute approximate surface area is 191 Å². The largest absolute Gasteiger partial charge is 0.0654 e. The minimum atomic E-state index is 1.19. The van der Waals surface area contributed by atoms with E-state index in [1.807, 2.05) is 0 Å². The van der Waals surface area contributed by atoms with Crippen LogP contribution in [-0.2, 0) is 6.42 Å². The zero-order valence-corrected chi connectivity index (χ0v) is 19.1. The SMILES string of the molecule is CCCCCCCCc1ccc2c(ccc3c4ccc(-c5ccccc5)cc4ccc23)c1. The van der Waals surface area contributed by atoms with Gasteiger partial charge in [-0.2, -0.15) is 0 Å². The molecule has 0 heterocycles. The normalized spacial score (nSPS) is 11.5. The highest BCUT2D eigenvalue weighted by Gasteiger charge is 2.07. The van der Waals surface area contributed by atoms with Gasteiger partial charge in [-0.1, -0.05) is 124 Å². The van der Waals surface area contributed by atoms with Crippen molar-refractivity contribution in [1.82, 2.24) is 0 Å². The molecule has 5 rings (SSSR count). The van der Waals surface area contributed by atoms with Crippen molar-refractivity contribution in [2.75, 3.05) is 0 Å². The van der Waals surface area contributed by atoms with Crippen LogP contribution in [0.4, 0.5) is 0 Å². The minimum Gasteiger partial charge on any atom is -0.0654 e. The fourth-order valence-corrected chi connectivity index (χ4v) is 5.01. The van der Waals surface area contributed by atoms with Gasteiger partial charge in [0.05, 0.1) is 0 Å². The molecule has 0 bridgehead atoms. The average molecular weight is 417 g/mol. The number of aryl methyl sites for hydroxylation is 1. The number of rotatable bonds is 8. The lowest BCUT2D eigenvalue weighted by molar-refractivity contribution is 0.607. The van der Waals surface area contributed by atoms with Crippen LogP contribution in [0.25, 0.3) is 43.4 Å². The van der Waals surface area contributed by atoms with Crippen LogP contribution in [0.2, 0.25) is 0 Å². The van der Waals surface area contributed by atoms with Gasteiger partial charge in [0.1, 0.15) is 0 Å². The predicted octanol–water partition coefficient (Wildman–Crippen LogP) is 9.72. The van der Waals surface area contributed by atoms with E-state index in [0.29, 0.717) is 0 Å². The number of hydrogen-bond donors (Lipinski definition) is 0. The molecule has 0 aliphatic rings. The van der Waals surface area contributed by atoms with Crippen molar-refractivity contribution >= 4 is 32.3 Å². The van der Waals surface area contributed by atoms with Gasteiger partial charge in [-0.25, -0.2) is 0 Å². The second-order valence-corrected chi connectivity index (χ2v) is 9.10. The van der Waals surface area contributed by atoms with Gasteiger partial charge in [-0.15, -0.1) is 0 Å². The Hall–Kier alpha value is -3.12. The van der Waals surface area contributed by atoms with Gasteiger partial charge in [-0.05, 0) is 67.9 Å². The number of fused-ring (bicyclic) bond motifs is 5. The Balaban J connectivity index is 1.43. The van der Waals surface area contributed by atoms with E-state index < -0.39 is 0 Å². The van der Waals surface area contributed by atoms with Gasteiger partial charge in [0.2, 0.25) is 0 Å². The zero-order valence-electron chi connectivity index (χ0n) is 19.1. The molecular formula is C32H32. The van der Waals surface area contributed by atoms with Crippen LogP contribution < -0.4 is 0 Å². The highest BCUT2D eigenvalue weighted by molar-refractivity contribution is 6.17. The molecule has 0 aromatic heterocycles. The fourth-order valence-electron chi connectivity index (χ4n) is 5.01. The predicted molar refractivity (Wildman–Crippen MR) is 141 cm³/mol. The van der Waals surface area contributed by atoms with E-state index in [4.69, 9.17) is 0 Å². The summed E-state index contributed by atoms with van der Waals surface area (Å²) in [5.74, 6) is 0. The molecule has 0 unspecified atom stereocenters. The van der Waals surface area contributed by atoms with Gasteiger partial charge in [0, 0.05) is 0 Å². The molecule has 5 aromatic carbocycles. The first-order chi connectivity index (χ1) is 15.8. The summed E-state index contributed by atoms with van der Waals surface area (Å²) in [7, 11) is 0. The van der Waals surface area contributed by atoms with Gasteiger partial charge in [0.25, 0.3) is 0 Å². The van der Waals surface area contributed by atoms with E-state index in [1.54, 1.807) is 0 Å². The molecule has 0 saturated heterocycles. The van der Waals surface area contributed by atoms with E-state index in [0.717, 1.165) is 0 Å². The van der Waals surface area contributed by atoms with Gasteiger partial charge >= 0.3 is 0 Å². The third-order valence-corrected chi connectivity index (χ3v) is 6.82. The molecule has 160 valence electrons. The molecule has 0 amide bonds. The van der Waals surface area contributed by atoms with Crippen molar-refractivity contribution in [2.45, 2.75) is 51.9 Å². The van der Waals surface area contributed by atoms with E-state index in [1.165, 1.54) is 94.0 Å². The maximum atomic E-state index is 2.41. The van der Waals surface area contributed by atoms with Crippen molar-refractivity contribution in [3.8, 4) is 11.1 Å². The monoisotopic (exact) mass is 416 g/mol. The van der Waals surface area contributed by atoms with Crippen LogP contribution in [0, 0.1) is 0 Å². The molecule has 0 spiro atoms. The second-order valence-electron chi connectivity index (χ2n) is 9.10. The third-order valence-electron chi connectivity index (χ3n) is 6.82. The standard InChI is InChI=1S/C32H32/c1-2-3-4-5-6-8-11-24-14-18-29-27(22-24)16-20-32-30-19-15-26(25-12-9-7-10-13-25)23-28(30)17-21-31(29)32/h7,9-10,12-23H,2-6,8,11H2,1H3. The summed E-state index contributed by atoms with van der Waals surface area (Å²) in [5, 5.41) is 8.06. The van der Waals surface area contributed by atoms with Crippen LogP contribution in [0.3, 0.4) is 0 Å². The molecule has 0 N–H and O–H groups in total. The molecule has 5 aromatic rings. The highest BCUT2D eigenvalue weighted by atomic mass is 14.1. The van der Waals surface area contributed by atoms with Crippen molar-refractivity contribution < 1.29 is 0 Å². The van der Waals surface area contributed by atoms with Gasteiger partial charge in [-0.3, -0.25) is 0 Å². The molecule has 0 saturated carbocycles. The molecule has 0 atom stereocenters. The summed E-state index contributed by atoms with van der Waals surface area (Å²) in [4.78, 5) is 0. The summed E-state index contributed by atoms with van der Waals surface area (Å²) in [6.45, 7) is 2.28. The topological polar surface area (TPSA) is 0 Å². The Kier molecular flexibility index (Phi) is 6.21. The maximum Gasteiger partial charge on any atom is -0.00990 e. The number of benzene rings is 5. The van der Waals surface area contributed by atoms with Crippen LogP contribution in [0.5, 0.6) is 0 Å². The molecule has 0 radical (unpaired) electrons. The quantitative estimate of drug-likeness (QED) is 0.174. The van der Waals surface area contributed by atoms with Crippen LogP contribution in [0.15, 0.2) is 91.0 Å². The van der Waals surface area contributed by atoms with Crippen molar-refractivity contribution in [3.63, 3.8) is 0 Å². The van der Waals surface area contributed by atoms with Gasteiger partial charge < -0.3 is 0 Å². The summed E-state index contributed by atoms with van der Waals surface area (Å²) in [6, 6.07) is 33.8.